The third kappa shape index (κ3) is 7.67. The number of alkyl carbamates (subject to hydrolysis) is 1. The van der Waals surface area contributed by atoms with E-state index in [1.807, 2.05) is 20.8 Å². The van der Waals surface area contributed by atoms with Crippen molar-refractivity contribution < 1.29 is 9.53 Å². The summed E-state index contributed by atoms with van der Waals surface area (Å²) in [5.74, 6) is 0.502. The lowest BCUT2D eigenvalue weighted by Gasteiger charge is -2.27. The van der Waals surface area contributed by atoms with Crippen molar-refractivity contribution >= 4 is 6.09 Å². The molecule has 2 N–H and O–H groups in total. The number of amides is 1. The molecule has 0 aliphatic heterocycles. The summed E-state index contributed by atoms with van der Waals surface area (Å²) in [7, 11) is 4.18. The van der Waals surface area contributed by atoms with Crippen LogP contribution in [-0.2, 0) is 4.74 Å². The van der Waals surface area contributed by atoms with Gasteiger partial charge in [0.05, 0.1) is 0 Å². The molecule has 0 aromatic carbocycles. The maximum Gasteiger partial charge on any atom is 0.407 e. The van der Waals surface area contributed by atoms with E-state index < -0.39 is 5.60 Å². The van der Waals surface area contributed by atoms with Gasteiger partial charge in [-0.2, -0.15) is 0 Å². The van der Waals surface area contributed by atoms with Crippen LogP contribution in [-0.4, -0.2) is 55.9 Å². The summed E-state index contributed by atoms with van der Waals surface area (Å²) in [6, 6.07) is 0.960. The molecule has 1 rings (SSSR count). The Morgan fingerprint density at radius 3 is 2.57 bits per heavy atom. The number of nitrogens with one attached hydrogen (secondary N) is 2. The Labute approximate surface area is 129 Å². The summed E-state index contributed by atoms with van der Waals surface area (Å²) in [5, 5.41) is 6.61. The van der Waals surface area contributed by atoms with Crippen molar-refractivity contribution in [2.24, 2.45) is 5.92 Å². The summed E-state index contributed by atoms with van der Waals surface area (Å²) in [4.78, 5) is 13.9. The highest BCUT2D eigenvalue weighted by molar-refractivity contribution is 5.67. The van der Waals surface area contributed by atoms with E-state index in [4.69, 9.17) is 4.74 Å². The van der Waals surface area contributed by atoms with E-state index in [1.165, 1.54) is 19.3 Å². The number of nitrogens with zero attached hydrogens (tertiary/aromatic N) is 1. The van der Waals surface area contributed by atoms with Crippen LogP contribution in [0.25, 0.3) is 0 Å². The lowest BCUT2D eigenvalue weighted by Crippen LogP contribution is -2.46. The Bertz CT molecular complexity index is 326. The fraction of sp³-hybridized carbons (Fsp3) is 0.938. The van der Waals surface area contributed by atoms with Gasteiger partial charge < -0.3 is 20.3 Å². The molecule has 0 radical (unpaired) electrons. The molecule has 5 heteroatoms. The van der Waals surface area contributed by atoms with Crippen LogP contribution >= 0.6 is 0 Å². The Morgan fingerprint density at radius 1 is 1.33 bits per heavy atom. The van der Waals surface area contributed by atoms with Crippen LogP contribution in [0.5, 0.6) is 0 Å². The van der Waals surface area contributed by atoms with E-state index in [-0.39, 0.29) is 6.09 Å². The van der Waals surface area contributed by atoms with Gasteiger partial charge in [-0.05, 0) is 60.5 Å². The molecule has 1 fully saturated rings. The molecule has 3 unspecified atom stereocenters. The van der Waals surface area contributed by atoms with E-state index in [2.05, 4.69) is 36.6 Å². The van der Waals surface area contributed by atoms with Gasteiger partial charge >= 0.3 is 6.09 Å². The molecule has 124 valence electrons. The van der Waals surface area contributed by atoms with Crippen LogP contribution in [0.1, 0.15) is 47.0 Å². The molecular weight excluding hydrogens is 266 g/mol. The molecule has 5 nitrogen and oxygen atoms in total. The van der Waals surface area contributed by atoms with Crippen LogP contribution in [0.4, 0.5) is 4.79 Å². The first-order valence-corrected chi connectivity index (χ1v) is 8.05. The van der Waals surface area contributed by atoms with Crippen molar-refractivity contribution in [2.45, 2.75) is 64.6 Å². The average molecular weight is 299 g/mol. The molecule has 0 aromatic heterocycles. The molecule has 1 aliphatic carbocycles. The fourth-order valence-corrected chi connectivity index (χ4v) is 3.00. The van der Waals surface area contributed by atoms with E-state index in [9.17, 15) is 4.79 Å². The number of ether oxygens (including phenoxy) is 1. The quantitative estimate of drug-likeness (QED) is 0.789. The number of rotatable bonds is 6. The molecule has 0 spiro atoms. The molecule has 0 aromatic rings. The van der Waals surface area contributed by atoms with Crippen molar-refractivity contribution in [3.05, 3.63) is 0 Å². The Hall–Kier alpha value is -0.810. The minimum absolute atomic E-state index is 0.311. The van der Waals surface area contributed by atoms with Crippen molar-refractivity contribution in [3.63, 3.8) is 0 Å². The van der Waals surface area contributed by atoms with Crippen molar-refractivity contribution in [2.75, 3.05) is 27.2 Å². The van der Waals surface area contributed by atoms with E-state index >= 15 is 0 Å². The van der Waals surface area contributed by atoms with E-state index in [0.29, 0.717) is 24.5 Å². The Morgan fingerprint density at radius 2 is 2.00 bits per heavy atom. The predicted molar refractivity (Wildman–Crippen MR) is 86.5 cm³/mol. The third-order valence-corrected chi connectivity index (χ3v) is 3.70. The van der Waals surface area contributed by atoms with Gasteiger partial charge in [-0.3, -0.25) is 0 Å². The summed E-state index contributed by atoms with van der Waals surface area (Å²) < 4.78 is 5.29. The maximum absolute atomic E-state index is 11.7. The zero-order chi connectivity index (χ0) is 16.0. The van der Waals surface area contributed by atoms with Gasteiger partial charge in [-0.15, -0.1) is 0 Å². The number of carbonyl (C=O) groups is 1. The highest BCUT2D eigenvalue weighted by Gasteiger charge is 2.29. The minimum atomic E-state index is -0.433. The van der Waals surface area contributed by atoms with Gasteiger partial charge in [-0.25, -0.2) is 4.79 Å². The molecule has 0 heterocycles. The molecule has 21 heavy (non-hydrogen) atoms. The van der Waals surface area contributed by atoms with Gasteiger partial charge in [0, 0.05) is 25.2 Å². The van der Waals surface area contributed by atoms with Crippen molar-refractivity contribution in [1.29, 1.82) is 0 Å². The zero-order valence-corrected chi connectivity index (χ0v) is 14.5. The van der Waals surface area contributed by atoms with Gasteiger partial charge in [0.25, 0.3) is 0 Å². The van der Waals surface area contributed by atoms with Crippen LogP contribution in [0.3, 0.4) is 0 Å². The van der Waals surface area contributed by atoms with Crippen LogP contribution in [0.15, 0.2) is 0 Å². The van der Waals surface area contributed by atoms with Gasteiger partial charge in [0.1, 0.15) is 5.60 Å². The average Bonchev–Trinajstić information content (AvgIpc) is 2.70. The summed E-state index contributed by atoms with van der Waals surface area (Å²) >= 11 is 0. The first-order chi connectivity index (χ1) is 9.67. The monoisotopic (exact) mass is 299 g/mol. The highest BCUT2D eigenvalue weighted by Crippen LogP contribution is 2.25. The standard InChI is InChI=1S/C16H33N3O2/c1-12(11-19(5)6)18-14-9-7-8-13(14)10-17-15(20)21-16(2,3)4/h12-14,18H,7-11H2,1-6H3,(H,17,20). The highest BCUT2D eigenvalue weighted by atomic mass is 16.6. The zero-order valence-electron chi connectivity index (χ0n) is 14.5. The van der Waals surface area contributed by atoms with E-state index in [0.717, 1.165) is 6.54 Å². The fourth-order valence-electron chi connectivity index (χ4n) is 3.00. The molecule has 0 saturated heterocycles. The normalized spacial score (nSPS) is 24.1. The number of likely N-dealkylation sites (N-methyl/N-ethyl adjacent to an activating group) is 1. The van der Waals surface area contributed by atoms with E-state index in [1.54, 1.807) is 0 Å². The lowest BCUT2D eigenvalue weighted by atomic mass is 10.0. The number of hydrogen-bond acceptors (Lipinski definition) is 4. The van der Waals surface area contributed by atoms with Crippen LogP contribution in [0, 0.1) is 5.92 Å². The Balaban J connectivity index is 2.35. The second-order valence-electron chi connectivity index (χ2n) is 7.51. The summed E-state index contributed by atoms with van der Waals surface area (Å²) in [6.45, 7) is 9.60. The second kappa shape index (κ2) is 7.99. The van der Waals surface area contributed by atoms with Gasteiger partial charge in [0.15, 0.2) is 0 Å². The van der Waals surface area contributed by atoms with Crippen molar-refractivity contribution in [3.8, 4) is 0 Å². The van der Waals surface area contributed by atoms with Gasteiger partial charge in [-0.1, -0.05) is 6.42 Å². The summed E-state index contributed by atoms with van der Waals surface area (Å²) in [5.41, 5.74) is -0.433. The topological polar surface area (TPSA) is 53.6 Å². The first kappa shape index (κ1) is 18.2. The largest absolute Gasteiger partial charge is 0.444 e. The second-order valence-corrected chi connectivity index (χ2v) is 7.51. The van der Waals surface area contributed by atoms with Crippen LogP contribution < -0.4 is 10.6 Å². The minimum Gasteiger partial charge on any atom is -0.444 e. The maximum atomic E-state index is 11.7. The van der Waals surface area contributed by atoms with Crippen molar-refractivity contribution in [1.82, 2.24) is 15.5 Å². The first-order valence-electron chi connectivity index (χ1n) is 8.05. The molecule has 0 bridgehead atoms. The lowest BCUT2D eigenvalue weighted by molar-refractivity contribution is 0.0517. The van der Waals surface area contributed by atoms with Gasteiger partial charge in [0.2, 0.25) is 0 Å². The molecule has 1 saturated carbocycles. The number of carbonyl (C=O) groups excluding carboxylic acids is 1. The molecular formula is C16H33N3O2. The molecule has 1 aliphatic rings. The molecule has 3 atom stereocenters. The van der Waals surface area contributed by atoms with Crippen LogP contribution in [0.2, 0.25) is 0 Å². The SMILES string of the molecule is CC(CN(C)C)NC1CCCC1CNC(=O)OC(C)(C)C. The third-order valence-electron chi connectivity index (χ3n) is 3.70. The predicted octanol–water partition coefficient (Wildman–Crippen LogP) is 2.22. The number of hydrogen-bond donors (Lipinski definition) is 2. The molecule has 1 amide bonds. The summed E-state index contributed by atoms with van der Waals surface area (Å²) in [6.07, 6.45) is 3.28. The smallest absolute Gasteiger partial charge is 0.407 e. The Kier molecular flexibility index (Phi) is 6.94.